The molecule has 86 valence electrons. The molecule has 0 rings (SSSR count). The average Bonchev–Trinajstić information content (AvgIpc) is 2.17. The highest BCUT2D eigenvalue weighted by Crippen LogP contribution is 2.16. The molecule has 1 unspecified atom stereocenters. The second-order valence-corrected chi connectivity index (χ2v) is 4.72. The molecule has 0 aromatic heterocycles. The second-order valence-electron chi connectivity index (χ2n) is 4.72. The van der Waals surface area contributed by atoms with Gasteiger partial charge in [-0.15, -0.1) is 0 Å². The molecule has 0 aromatic carbocycles. The molecular formula is C15H26. The van der Waals surface area contributed by atoms with E-state index >= 15 is 0 Å². The van der Waals surface area contributed by atoms with Gasteiger partial charge in [0.05, 0.1) is 0 Å². The Hall–Kier alpha value is -0.780. The molecular weight excluding hydrogens is 180 g/mol. The Morgan fingerprint density at radius 2 is 1.93 bits per heavy atom. The molecule has 0 saturated carbocycles. The third-order valence-corrected chi connectivity index (χ3v) is 2.70. The van der Waals surface area contributed by atoms with Crippen LogP contribution in [0.5, 0.6) is 0 Å². The van der Waals surface area contributed by atoms with Gasteiger partial charge in [-0.25, -0.2) is 0 Å². The third kappa shape index (κ3) is 9.52. The van der Waals surface area contributed by atoms with E-state index in [0.29, 0.717) is 0 Å². The Kier molecular flexibility index (Phi) is 8.08. The maximum atomic E-state index is 3.93. The zero-order valence-corrected chi connectivity index (χ0v) is 10.7. The van der Waals surface area contributed by atoms with Gasteiger partial charge in [-0.05, 0) is 45.4 Å². The number of rotatable bonds is 8. The van der Waals surface area contributed by atoms with Crippen molar-refractivity contribution in [2.75, 3.05) is 0 Å². The SMILES string of the molecule is C=CC(=C)CCCC(C)CCC=C(C)C. The van der Waals surface area contributed by atoms with E-state index in [2.05, 4.69) is 40.0 Å². The van der Waals surface area contributed by atoms with Crippen molar-refractivity contribution >= 4 is 0 Å². The first-order valence-corrected chi connectivity index (χ1v) is 5.99. The minimum atomic E-state index is 0.832. The van der Waals surface area contributed by atoms with Crippen LogP contribution in [0.1, 0.15) is 52.9 Å². The maximum absolute atomic E-state index is 3.93. The van der Waals surface area contributed by atoms with Crippen molar-refractivity contribution in [3.8, 4) is 0 Å². The lowest BCUT2D eigenvalue weighted by Crippen LogP contribution is -1.94. The fourth-order valence-electron chi connectivity index (χ4n) is 1.58. The first kappa shape index (κ1) is 14.2. The van der Waals surface area contributed by atoms with Crippen LogP contribution >= 0.6 is 0 Å². The summed E-state index contributed by atoms with van der Waals surface area (Å²) < 4.78 is 0. The minimum Gasteiger partial charge on any atom is -0.0988 e. The van der Waals surface area contributed by atoms with Crippen LogP contribution in [0.15, 0.2) is 36.5 Å². The van der Waals surface area contributed by atoms with Gasteiger partial charge in [0, 0.05) is 0 Å². The Bertz CT molecular complexity index is 216. The fourth-order valence-corrected chi connectivity index (χ4v) is 1.58. The van der Waals surface area contributed by atoms with Crippen molar-refractivity contribution in [3.63, 3.8) is 0 Å². The lowest BCUT2D eigenvalue weighted by molar-refractivity contribution is 0.479. The maximum Gasteiger partial charge on any atom is -0.0285 e. The van der Waals surface area contributed by atoms with Gasteiger partial charge in [-0.2, -0.15) is 0 Å². The molecule has 0 spiro atoms. The fraction of sp³-hybridized carbons (Fsp3) is 0.600. The van der Waals surface area contributed by atoms with Gasteiger partial charge in [-0.1, -0.05) is 49.8 Å². The average molecular weight is 206 g/mol. The lowest BCUT2D eigenvalue weighted by Gasteiger charge is -2.09. The topological polar surface area (TPSA) is 0 Å². The molecule has 15 heavy (non-hydrogen) atoms. The number of hydrogen-bond acceptors (Lipinski definition) is 0. The summed E-state index contributed by atoms with van der Waals surface area (Å²) in [6.07, 6.45) is 10.4. The van der Waals surface area contributed by atoms with Crippen LogP contribution in [-0.2, 0) is 0 Å². The first-order chi connectivity index (χ1) is 7.06. The van der Waals surface area contributed by atoms with Crippen molar-refractivity contribution in [1.29, 1.82) is 0 Å². The van der Waals surface area contributed by atoms with Crippen LogP contribution in [0.25, 0.3) is 0 Å². The highest BCUT2D eigenvalue weighted by molar-refractivity contribution is 5.10. The van der Waals surface area contributed by atoms with Crippen molar-refractivity contribution in [2.24, 2.45) is 5.92 Å². The summed E-state index contributed by atoms with van der Waals surface area (Å²) in [5.41, 5.74) is 2.61. The largest absolute Gasteiger partial charge is 0.0988 e. The summed E-state index contributed by atoms with van der Waals surface area (Å²) in [5.74, 6) is 0.832. The molecule has 0 amide bonds. The van der Waals surface area contributed by atoms with Crippen LogP contribution < -0.4 is 0 Å². The highest BCUT2D eigenvalue weighted by atomic mass is 14.1. The monoisotopic (exact) mass is 206 g/mol. The predicted octanol–water partition coefficient (Wildman–Crippen LogP) is 5.28. The highest BCUT2D eigenvalue weighted by Gasteiger charge is 2.00. The molecule has 0 N–H and O–H groups in total. The van der Waals surface area contributed by atoms with Crippen molar-refractivity contribution in [3.05, 3.63) is 36.5 Å². The van der Waals surface area contributed by atoms with Crippen LogP contribution in [0.3, 0.4) is 0 Å². The van der Waals surface area contributed by atoms with Gasteiger partial charge in [0.2, 0.25) is 0 Å². The standard InChI is InChI=1S/C15H26/c1-6-14(4)10-8-12-15(5)11-7-9-13(2)3/h6,9,15H,1,4,7-8,10-12H2,2-3,5H3. The van der Waals surface area contributed by atoms with Gasteiger partial charge >= 0.3 is 0 Å². The van der Waals surface area contributed by atoms with Gasteiger partial charge in [-0.3, -0.25) is 0 Å². The van der Waals surface area contributed by atoms with Gasteiger partial charge in [0.1, 0.15) is 0 Å². The number of hydrogen-bond donors (Lipinski definition) is 0. The van der Waals surface area contributed by atoms with Crippen molar-refractivity contribution in [2.45, 2.75) is 52.9 Å². The van der Waals surface area contributed by atoms with Gasteiger partial charge < -0.3 is 0 Å². The van der Waals surface area contributed by atoms with Crippen LogP contribution in [-0.4, -0.2) is 0 Å². The summed E-state index contributed by atoms with van der Waals surface area (Å²) in [6.45, 7) is 14.3. The molecule has 1 atom stereocenters. The minimum absolute atomic E-state index is 0.832. The van der Waals surface area contributed by atoms with Crippen molar-refractivity contribution in [1.82, 2.24) is 0 Å². The molecule has 0 nitrogen and oxygen atoms in total. The molecule has 0 bridgehead atoms. The van der Waals surface area contributed by atoms with Crippen molar-refractivity contribution < 1.29 is 0 Å². The number of allylic oxidation sites excluding steroid dienone is 4. The summed E-state index contributed by atoms with van der Waals surface area (Å²) in [5, 5.41) is 0. The predicted molar refractivity (Wildman–Crippen MR) is 71.0 cm³/mol. The first-order valence-electron chi connectivity index (χ1n) is 5.99. The van der Waals surface area contributed by atoms with E-state index in [0.717, 1.165) is 12.3 Å². The van der Waals surface area contributed by atoms with E-state index in [9.17, 15) is 0 Å². The smallest absolute Gasteiger partial charge is 0.0285 e. The van der Waals surface area contributed by atoms with E-state index in [1.165, 1.54) is 36.8 Å². The van der Waals surface area contributed by atoms with E-state index in [-0.39, 0.29) is 0 Å². The van der Waals surface area contributed by atoms with Crippen LogP contribution in [0, 0.1) is 5.92 Å². The van der Waals surface area contributed by atoms with Crippen LogP contribution in [0.4, 0.5) is 0 Å². The summed E-state index contributed by atoms with van der Waals surface area (Å²) >= 11 is 0. The Morgan fingerprint density at radius 3 is 2.47 bits per heavy atom. The van der Waals surface area contributed by atoms with Gasteiger partial charge in [0.25, 0.3) is 0 Å². The molecule has 0 aliphatic carbocycles. The molecule has 0 fully saturated rings. The quantitative estimate of drug-likeness (QED) is 0.374. The second kappa shape index (κ2) is 8.52. The Morgan fingerprint density at radius 1 is 1.27 bits per heavy atom. The zero-order valence-electron chi connectivity index (χ0n) is 10.7. The van der Waals surface area contributed by atoms with Gasteiger partial charge in [0.15, 0.2) is 0 Å². The molecule has 0 heterocycles. The Labute approximate surface area is 95.8 Å². The summed E-state index contributed by atoms with van der Waals surface area (Å²) in [4.78, 5) is 0. The van der Waals surface area contributed by atoms with E-state index in [4.69, 9.17) is 0 Å². The van der Waals surface area contributed by atoms with E-state index < -0.39 is 0 Å². The molecule has 0 radical (unpaired) electrons. The molecule has 0 saturated heterocycles. The summed E-state index contributed by atoms with van der Waals surface area (Å²) in [6, 6.07) is 0. The third-order valence-electron chi connectivity index (χ3n) is 2.70. The molecule has 0 aliphatic heterocycles. The van der Waals surface area contributed by atoms with E-state index in [1.807, 2.05) is 6.08 Å². The summed E-state index contributed by atoms with van der Waals surface area (Å²) in [7, 11) is 0. The lowest BCUT2D eigenvalue weighted by atomic mass is 9.97. The van der Waals surface area contributed by atoms with Crippen LogP contribution in [0.2, 0.25) is 0 Å². The molecule has 0 aromatic rings. The molecule has 0 aliphatic rings. The Balaban J connectivity index is 3.49. The normalized spacial score (nSPS) is 11.9. The van der Waals surface area contributed by atoms with E-state index in [1.54, 1.807) is 0 Å². The molecule has 0 heteroatoms. The zero-order chi connectivity index (χ0) is 11.7.